The fourth-order valence-electron chi connectivity index (χ4n) is 3.87. The minimum Gasteiger partial charge on any atom is -0.319 e. The first-order valence-electron chi connectivity index (χ1n) is 8.25. The molecule has 0 unspecified atom stereocenters. The first kappa shape index (κ1) is 16.0. The Bertz CT molecular complexity index is 917. The summed E-state index contributed by atoms with van der Waals surface area (Å²) in [7, 11) is 0. The molecule has 1 aromatic heterocycles. The van der Waals surface area contributed by atoms with Crippen LogP contribution in [0.3, 0.4) is 0 Å². The van der Waals surface area contributed by atoms with Crippen molar-refractivity contribution in [2.75, 3.05) is 6.54 Å². The molecule has 2 heterocycles. The molecule has 6 heteroatoms. The molecule has 1 saturated heterocycles. The first-order chi connectivity index (χ1) is 11.9. The molecular weight excluding hydrogens is 336 g/mol. The van der Waals surface area contributed by atoms with Crippen molar-refractivity contribution in [3.8, 4) is 0 Å². The van der Waals surface area contributed by atoms with Crippen LogP contribution in [0.5, 0.6) is 0 Å². The van der Waals surface area contributed by atoms with Crippen LogP contribution in [0.2, 0.25) is 0 Å². The molecule has 1 aliphatic heterocycles. The number of urea groups is 1. The predicted molar refractivity (Wildman–Crippen MR) is 94.8 cm³/mol. The summed E-state index contributed by atoms with van der Waals surface area (Å²) < 4.78 is 0. The number of Topliss-reactive ketones (excluding diaryl/α,β-unsaturated/α-hetero) is 1. The van der Waals surface area contributed by atoms with E-state index in [1.165, 1.54) is 0 Å². The second-order valence-electron chi connectivity index (χ2n) is 6.63. The van der Waals surface area contributed by atoms with Gasteiger partial charge in [-0.3, -0.25) is 14.5 Å². The Kier molecular flexibility index (Phi) is 3.54. The molecule has 1 fully saturated rings. The molecule has 2 aromatic rings. The van der Waals surface area contributed by atoms with Crippen LogP contribution in [-0.4, -0.2) is 29.2 Å². The number of nitrogens with one attached hydrogen (secondary N) is 1. The number of imide groups is 1. The Labute approximate surface area is 149 Å². The lowest BCUT2D eigenvalue weighted by Crippen LogP contribution is -2.42. The number of rotatable bonds is 3. The summed E-state index contributed by atoms with van der Waals surface area (Å²) in [6.45, 7) is 3.60. The Morgan fingerprint density at radius 2 is 2.04 bits per heavy atom. The van der Waals surface area contributed by atoms with Gasteiger partial charge in [0.05, 0.1) is 6.54 Å². The predicted octanol–water partition coefficient (Wildman–Crippen LogP) is 2.94. The highest BCUT2D eigenvalue weighted by Crippen LogP contribution is 2.41. The van der Waals surface area contributed by atoms with E-state index < -0.39 is 11.6 Å². The normalized spacial score (nSPS) is 21.8. The number of hydrogen-bond donors (Lipinski definition) is 1. The molecule has 1 N–H and O–H groups in total. The van der Waals surface area contributed by atoms with Crippen LogP contribution in [0.15, 0.2) is 30.3 Å². The van der Waals surface area contributed by atoms with E-state index >= 15 is 0 Å². The maximum atomic E-state index is 13.1. The molecule has 1 aliphatic carbocycles. The van der Waals surface area contributed by atoms with Gasteiger partial charge in [-0.2, -0.15) is 0 Å². The van der Waals surface area contributed by atoms with Gasteiger partial charge in [-0.05, 0) is 43.9 Å². The smallest absolute Gasteiger partial charge is 0.319 e. The molecule has 4 rings (SSSR count). The molecule has 2 aliphatic rings. The molecule has 5 nitrogen and oxygen atoms in total. The Morgan fingerprint density at radius 1 is 1.28 bits per heavy atom. The van der Waals surface area contributed by atoms with Crippen LogP contribution in [0.4, 0.5) is 4.79 Å². The van der Waals surface area contributed by atoms with E-state index in [9.17, 15) is 14.4 Å². The number of carbonyl (C=O) groups is 3. The average molecular weight is 354 g/mol. The summed E-state index contributed by atoms with van der Waals surface area (Å²) in [5, 5.41) is 2.85. The summed E-state index contributed by atoms with van der Waals surface area (Å²) >= 11 is 1.54. The number of hydrogen-bond acceptors (Lipinski definition) is 4. The molecule has 0 saturated carbocycles. The van der Waals surface area contributed by atoms with Crippen molar-refractivity contribution < 1.29 is 14.4 Å². The zero-order valence-electron chi connectivity index (χ0n) is 14.1. The number of fused-ring (bicyclic) bond motifs is 2. The maximum Gasteiger partial charge on any atom is 0.325 e. The summed E-state index contributed by atoms with van der Waals surface area (Å²) in [5.41, 5.74) is 1.52. The quantitative estimate of drug-likeness (QED) is 0.681. The molecule has 1 spiro atoms. The first-order valence-corrected chi connectivity index (χ1v) is 9.07. The van der Waals surface area contributed by atoms with Crippen molar-refractivity contribution in [1.29, 1.82) is 0 Å². The monoisotopic (exact) mass is 354 g/mol. The van der Waals surface area contributed by atoms with Gasteiger partial charge in [0.25, 0.3) is 5.91 Å². The van der Waals surface area contributed by atoms with Gasteiger partial charge in [-0.15, -0.1) is 11.3 Å². The third kappa shape index (κ3) is 2.32. The summed E-state index contributed by atoms with van der Waals surface area (Å²) in [6.07, 6.45) is 1.28. The number of ketones is 1. The summed E-state index contributed by atoms with van der Waals surface area (Å²) in [6, 6.07) is 9.01. The number of aryl methyl sites for hydroxylation is 3. The molecule has 0 radical (unpaired) electrons. The zero-order valence-corrected chi connectivity index (χ0v) is 14.9. The molecule has 1 aromatic carbocycles. The van der Waals surface area contributed by atoms with Crippen molar-refractivity contribution in [2.45, 2.75) is 32.2 Å². The maximum absolute atomic E-state index is 13.1. The minimum absolute atomic E-state index is 0.200. The molecule has 3 amide bonds. The van der Waals surface area contributed by atoms with Gasteiger partial charge in [0.1, 0.15) is 5.54 Å². The van der Waals surface area contributed by atoms with Crippen molar-refractivity contribution in [3.05, 3.63) is 56.8 Å². The van der Waals surface area contributed by atoms with Gasteiger partial charge < -0.3 is 5.32 Å². The van der Waals surface area contributed by atoms with Crippen LogP contribution < -0.4 is 5.32 Å². The lowest BCUT2D eigenvalue weighted by Gasteiger charge is -2.22. The van der Waals surface area contributed by atoms with Gasteiger partial charge in [0.2, 0.25) is 0 Å². The Balaban J connectivity index is 1.63. The van der Waals surface area contributed by atoms with E-state index in [-0.39, 0.29) is 18.2 Å². The SMILES string of the molecule is Cc1cc(C(=O)CN2C(=O)N[C@]3(CCc4ccccc43)C2=O)c(C)s1. The Hall–Kier alpha value is -2.47. The van der Waals surface area contributed by atoms with Crippen molar-refractivity contribution in [3.63, 3.8) is 0 Å². The van der Waals surface area contributed by atoms with E-state index in [1.807, 2.05) is 44.2 Å². The second kappa shape index (κ2) is 5.52. The highest BCUT2D eigenvalue weighted by Gasteiger charge is 2.55. The van der Waals surface area contributed by atoms with Crippen LogP contribution in [0.1, 0.15) is 37.7 Å². The Morgan fingerprint density at radius 3 is 2.76 bits per heavy atom. The summed E-state index contributed by atoms with van der Waals surface area (Å²) in [4.78, 5) is 41.1. The lowest BCUT2D eigenvalue weighted by atomic mass is 9.92. The van der Waals surface area contributed by atoms with Gasteiger partial charge in [-0.25, -0.2) is 4.79 Å². The van der Waals surface area contributed by atoms with E-state index in [0.29, 0.717) is 12.0 Å². The van der Waals surface area contributed by atoms with Crippen LogP contribution in [0, 0.1) is 13.8 Å². The van der Waals surface area contributed by atoms with Crippen LogP contribution in [-0.2, 0) is 16.8 Å². The number of carbonyl (C=O) groups excluding carboxylic acids is 3. The fraction of sp³-hybridized carbons (Fsp3) is 0.316. The van der Waals surface area contributed by atoms with Crippen molar-refractivity contribution >= 4 is 29.1 Å². The van der Waals surface area contributed by atoms with Crippen LogP contribution in [0.25, 0.3) is 0 Å². The molecule has 128 valence electrons. The average Bonchev–Trinajstić information content (AvgIpc) is 3.19. The van der Waals surface area contributed by atoms with Crippen molar-refractivity contribution in [2.24, 2.45) is 0 Å². The van der Waals surface area contributed by atoms with Gasteiger partial charge in [-0.1, -0.05) is 24.3 Å². The number of thiophene rings is 1. The third-order valence-electron chi connectivity index (χ3n) is 5.07. The highest BCUT2D eigenvalue weighted by molar-refractivity contribution is 7.12. The fourth-order valence-corrected chi connectivity index (χ4v) is 4.81. The lowest BCUT2D eigenvalue weighted by molar-refractivity contribution is -0.131. The zero-order chi connectivity index (χ0) is 17.8. The van der Waals surface area contributed by atoms with Gasteiger partial charge in [0, 0.05) is 15.3 Å². The van der Waals surface area contributed by atoms with E-state index in [0.717, 1.165) is 32.2 Å². The van der Waals surface area contributed by atoms with E-state index in [1.54, 1.807) is 11.3 Å². The van der Waals surface area contributed by atoms with E-state index in [2.05, 4.69) is 5.32 Å². The molecule has 1 atom stereocenters. The topological polar surface area (TPSA) is 66.5 Å². The standard InChI is InChI=1S/C19H18N2O3S/c1-11-9-14(12(2)25-11)16(22)10-21-17(23)19(20-18(21)24)8-7-13-5-3-4-6-15(13)19/h3-6,9H,7-8,10H2,1-2H3,(H,20,24)/t19-/m0/s1. The largest absolute Gasteiger partial charge is 0.325 e. The number of amides is 3. The van der Waals surface area contributed by atoms with Gasteiger partial charge in [0.15, 0.2) is 5.78 Å². The second-order valence-corrected chi connectivity index (χ2v) is 8.09. The number of benzene rings is 1. The molecule has 25 heavy (non-hydrogen) atoms. The third-order valence-corrected chi connectivity index (χ3v) is 6.03. The molecule has 0 bridgehead atoms. The van der Waals surface area contributed by atoms with E-state index in [4.69, 9.17) is 0 Å². The van der Waals surface area contributed by atoms with Crippen LogP contribution >= 0.6 is 11.3 Å². The van der Waals surface area contributed by atoms with Crippen molar-refractivity contribution in [1.82, 2.24) is 10.2 Å². The highest BCUT2D eigenvalue weighted by atomic mass is 32.1. The van der Waals surface area contributed by atoms with Gasteiger partial charge >= 0.3 is 6.03 Å². The molecular formula is C19H18N2O3S. The number of nitrogens with zero attached hydrogens (tertiary/aromatic N) is 1. The summed E-state index contributed by atoms with van der Waals surface area (Å²) in [5.74, 6) is -0.519. The minimum atomic E-state index is -1.01.